The van der Waals surface area contributed by atoms with E-state index < -0.39 is 10.0 Å². The molecule has 2 heterocycles. The largest absolute Gasteiger partial charge is 0.508 e. The van der Waals surface area contributed by atoms with Gasteiger partial charge in [-0.25, -0.2) is 23.1 Å². The zero-order valence-corrected chi connectivity index (χ0v) is 19.9. The van der Waals surface area contributed by atoms with E-state index in [-0.39, 0.29) is 23.8 Å². The van der Waals surface area contributed by atoms with E-state index in [0.29, 0.717) is 30.4 Å². The Morgan fingerprint density at radius 2 is 1.77 bits per heavy atom. The molecule has 0 bridgehead atoms. The average Bonchev–Trinajstić information content (AvgIpc) is 2.87. The maximum Gasteiger partial charge on any atom is 0.242 e. The normalized spacial score (nSPS) is 14.4. The van der Waals surface area contributed by atoms with Crippen molar-refractivity contribution in [2.75, 3.05) is 49.5 Å². The van der Waals surface area contributed by atoms with Gasteiger partial charge in [-0.2, -0.15) is 0 Å². The van der Waals surface area contributed by atoms with Gasteiger partial charge in [0.15, 0.2) is 0 Å². The predicted molar refractivity (Wildman–Crippen MR) is 136 cm³/mol. The van der Waals surface area contributed by atoms with Crippen molar-refractivity contribution in [1.82, 2.24) is 20.0 Å². The van der Waals surface area contributed by atoms with Gasteiger partial charge in [0.05, 0.1) is 12.3 Å². The highest BCUT2D eigenvalue weighted by Gasteiger charge is 2.23. The Balaban J connectivity index is 1.53. The Hall–Kier alpha value is -3.51. The lowest BCUT2D eigenvalue weighted by Gasteiger charge is -2.31. The van der Waals surface area contributed by atoms with Gasteiger partial charge >= 0.3 is 0 Å². The zero-order chi connectivity index (χ0) is 24.7. The molecule has 0 unspecified atom stereocenters. The summed E-state index contributed by atoms with van der Waals surface area (Å²) >= 11 is 0. The lowest BCUT2D eigenvalue weighted by molar-refractivity contribution is 0.301. The van der Waals surface area contributed by atoms with Gasteiger partial charge < -0.3 is 25.7 Å². The number of sulfonamides is 1. The maximum atomic E-state index is 12.8. The van der Waals surface area contributed by atoms with Crippen LogP contribution < -0.4 is 20.3 Å². The summed E-state index contributed by atoms with van der Waals surface area (Å²) in [5, 5.41) is 25.0. The minimum Gasteiger partial charge on any atom is -0.508 e. The molecular weight excluding hydrogens is 468 g/mol. The lowest BCUT2D eigenvalue weighted by atomic mass is 10.2. The summed E-state index contributed by atoms with van der Waals surface area (Å²) < 4.78 is 28.0. The van der Waals surface area contributed by atoms with Gasteiger partial charge in [0.1, 0.15) is 10.6 Å². The van der Waals surface area contributed by atoms with E-state index >= 15 is 0 Å². The molecule has 0 aliphatic carbocycles. The Labute approximate surface area is 204 Å². The van der Waals surface area contributed by atoms with Crippen LogP contribution >= 0.6 is 0 Å². The first kappa shape index (κ1) is 24.6. The highest BCUT2D eigenvalue weighted by molar-refractivity contribution is 7.89. The molecule has 1 fully saturated rings. The van der Waals surface area contributed by atoms with Gasteiger partial charge in [-0.15, -0.1) is 0 Å². The topological polar surface area (TPSA) is 140 Å². The number of phenolic OH excluding ortho intramolecular Hbond substituents is 1. The molecule has 10 nitrogen and oxygen atoms in total. The molecule has 0 spiro atoms. The quantitative estimate of drug-likeness (QED) is 0.300. The van der Waals surface area contributed by atoms with Crippen LogP contribution in [-0.2, 0) is 10.0 Å². The smallest absolute Gasteiger partial charge is 0.242 e. The second-order valence-electron chi connectivity index (χ2n) is 7.93. The summed E-state index contributed by atoms with van der Waals surface area (Å²) in [5.74, 6) is 0.575. The molecule has 2 aromatic carbocycles. The number of benzene rings is 2. The zero-order valence-electron chi connectivity index (χ0n) is 19.1. The second kappa shape index (κ2) is 11.3. The number of aromatic nitrogens is 2. The van der Waals surface area contributed by atoms with Crippen LogP contribution in [0.25, 0.3) is 12.2 Å². The Bertz CT molecular complexity index is 1280. The number of anilines is 3. The molecule has 35 heavy (non-hydrogen) atoms. The molecule has 0 radical (unpaired) electrons. The minimum absolute atomic E-state index is 0.0522. The van der Waals surface area contributed by atoms with Crippen LogP contribution in [0.15, 0.2) is 59.8 Å². The van der Waals surface area contributed by atoms with Gasteiger partial charge in [0.2, 0.25) is 16.0 Å². The van der Waals surface area contributed by atoms with E-state index in [1.807, 2.05) is 23.1 Å². The number of aliphatic hydroxyl groups excluding tert-OH is 1. The van der Waals surface area contributed by atoms with Crippen LogP contribution in [-0.4, -0.2) is 67.9 Å². The van der Waals surface area contributed by atoms with Crippen LogP contribution in [0.1, 0.15) is 11.1 Å². The molecule has 1 aromatic heterocycles. The first-order valence-corrected chi connectivity index (χ1v) is 12.7. The number of rotatable bonds is 9. The van der Waals surface area contributed by atoms with Gasteiger partial charge in [0.25, 0.3) is 0 Å². The molecule has 1 saturated heterocycles. The number of phenols is 1. The van der Waals surface area contributed by atoms with Crippen molar-refractivity contribution in [2.24, 2.45) is 0 Å². The monoisotopic (exact) mass is 496 g/mol. The van der Waals surface area contributed by atoms with Crippen LogP contribution in [0.4, 0.5) is 17.3 Å². The minimum atomic E-state index is -3.78. The van der Waals surface area contributed by atoms with Crippen molar-refractivity contribution < 1.29 is 18.6 Å². The van der Waals surface area contributed by atoms with Crippen molar-refractivity contribution >= 4 is 39.5 Å². The summed E-state index contributed by atoms with van der Waals surface area (Å²) in [6.07, 6.45) is 7.04. The molecule has 184 valence electrons. The number of piperazine rings is 1. The van der Waals surface area contributed by atoms with E-state index in [0.717, 1.165) is 24.2 Å². The lowest BCUT2D eigenvalue weighted by Crippen LogP contribution is -2.44. The highest BCUT2D eigenvalue weighted by Crippen LogP contribution is 2.30. The first-order valence-electron chi connectivity index (χ1n) is 11.2. The third kappa shape index (κ3) is 6.55. The predicted octanol–water partition coefficient (Wildman–Crippen LogP) is 1.78. The number of aliphatic hydroxyl groups is 1. The molecular formula is C24H28N6O4S. The van der Waals surface area contributed by atoms with Crippen LogP contribution in [0.3, 0.4) is 0 Å². The van der Waals surface area contributed by atoms with Gasteiger partial charge in [0, 0.05) is 56.4 Å². The average molecular weight is 497 g/mol. The SMILES string of the molecule is O=S(=O)(NCCO)c1ccc(Nc2ncc(/C=C/c3cccc(O)c3)cn2)cc1N1CCNCC1. The molecule has 0 saturated carbocycles. The van der Waals surface area contributed by atoms with Crippen LogP contribution in [0.5, 0.6) is 5.75 Å². The third-order valence-corrected chi connectivity index (χ3v) is 6.88. The summed E-state index contributed by atoms with van der Waals surface area (Å²) in [6.45, 7) is 2.51. The molecule has 0 atom stereocenters. The van der Waals surface area contributed by atoms with E-state index in [9.17, 15) is 13.5 Å². The van der Waals surface area contributed by atoms with Gasteiger partial charge in [-0.05, 0) is 35.9 Å². The van der Waals surface area contributed by atoms with E-state index in [1.54, 1.807) is 48.8 Å². The number of nitrogens with one attached hydrogen (secondary N) is 3. The summed E-state index contributed by atoms with van der Waals surface area (Å²) in [5.41, 5.74) is 2.88. The molecule has 11 heteroatoms. The highest BCUT2D eigenvalue weighted by atomic mass is 32.2. The Morgan fingerprint density at radius 3 is 2.49 bits per heavy atom. The molecule has 3 aromatic rings. The molecule has 4 rings (SSSR count). The third-order valence-electron chi connectivity index (χ3n) is 5.38. The fraction of sp³-hybridized carbons (Fsp3) is 0.250. The maximum absolute atomic E-state index is 12.8. The summed E-state index contributed by atoms with van der Waals surface area (Å²) in [6, 6.07) is 11.9. The van der Waals surface area contributed by atoms with E-state index in [2.05, 4.69) is 25.3 Å². The summed E-state index contributed by atoms with van der Waals surface area (Å²) in [4.78, 5) is 10.9. The van der Waals surface area contributed by atoms with Crippen molar-refractivity contribution in [3.63, 3.8) is 0 Å². The van der Waals surface area contributed by atoms with E-state index in [1.165, 1.54) is 0 Å². The second-order valence-corrected chi connectivity index (χ2v) is 9.67. The Morgan fingerprint density at radius 1 is 1.03 bits per heavy atom. The van der Waals surface area contributed by atoms with Crippen molar-refractivity contribution in [1.29, 1.82) is 0 Å². The summed E-state index contributed by atoms with van der Waals surface area (Å²) in [7, 11) is -3.78. The number of hydrogen-bond acceptors (Lipinski definition) is 9. The van der Waals surface area contributed by atoms with Crippen molar-refractivity contribution in [3.05, 3.63) is 66.0 Å². The fourth-order valence-electron chi connectivity index (χ4n) is 3.67. The number of hydrogen-bond donors (Lipinski definition) is 5. The van der Waals surface area contributed by atoms with Gasteiger partial charge in [-0.3, -0.25) is 0 Å². The molecule has 0 amide bonds. The van der Waals surface area contributed by atoms with E-state index in [4.69, 9.17) is 5.11 Å². The van der Waals surface area contributed by atoms with Crippen molar-refractivity contribution in [2.45, 2.75) is 4.90 Å². The molecule has 5 N–H and O–H groups in total. The van der Waals surface area contributed by atoms with Crippen molar-refractivity contribution in [3.8, 4) is 5.75 Å². The number of nitrogens with zero attached hydrogens (tertiary/aromatic N) is 3. The fourth-order valence-corrected chi connectivity index (χ4v) is 4.90. The number of aromatic hydroxyl groups is 1. The van der Waals surface area contributed by atoms with Gasteiger partial charge in [-0.1, -0.05) is 24.3 Å². The first-order chi connectivity index (χ1) is 16.9. The molecule has 1 aliphatic rings. The standard InChI is InChI=1S/C24H28N6O4S/c31-13-10-28-35(33,34)23-7-6-20(15-22(23)30-11-8-25-9-12-30)29-24-26-16-19(17-27-24)5-4-18-2-1-3-21(32)14-18/h1-7,14-17,25,28,31-32H,8-13H2,(H,26,27,29)/b5-4+. The molecule has 1 aliphatic heterocycles. The van der Waals surface area contributed by atoms with Crippen LogP contribution in [0.2, 0.25) is 0 Å². The van der Waals surface area contributed by atoms with Crippen LogP contribution in [0, 0.1) is 0 Å². The Kier molecular flexibility index (Phi) is 7.93.